The maximum Gasteiger partial charge on any atom is 0.130 e. The first kappa shape index (κ1) is 8.68. The van der Waals surface area contributed by atoms with Gasteiger partial charge in [-0.2, -0.15) is 0 Å². The highest BCUT2D eigenvalue weighted by Crippen LogP contribution is 2.19. The molecule has 0 bridgehead atoms. The summed E-state index contributed by atoms with van der Waals surface area (Å²) in [5, 5.41) is 0. The van der Waals surface area contributed by atoms with E-state index in [9.17, 15) is 4.79 Å². The van der Waals surface area contributed by atoms with Gasteiger partial charge in [-0.25, -0.2) is 0 Å². The van der Waals surface area contributed by atoms with E-state index < -0.39 is 0 Å². The highest BCUT2D eigenvalue weighted by Gasteiger charge is 2.28. The van der Waals surface area contributed by atoms with Crippen LogP contribution >= 0.6 is 0 Å². The molecule has 2 atom stereocenters. The van der Waals surface area contributed by atoms with Crippen LogP contribution in [0.2, 0.25) is 0 Å². The van der Waals surface area contributed by atoms with Crippen molar-refractivity contribution in [2.24, 2.45) is 5.92 Å². The van der Waals surface area contributed by atoms with E-state index in [2.05, 4.69) is 0 Å². The van der Waals surface area contributed by atoms with Crippen molar-refractivity contribution in [2.75, 3.05) is 20.3 Å². The zero-order chi connectivity index (χ0) is 8.27. The van der Waals surface area contributed by atoms with Crippen LogP contribution in [0.4, 0.5) is 0 Å². The Morgan fingerprint density at radius 1 is 1.64 bits per heavy atom. The molecule has 1 heterocycles. The summed E-state index contributed by atoms with van der Waals surface area (Å²) in [7, 11) is 1.66. The predicted octanol–water partition coefficient (Wildman–Crippen LogP) is 0.627. The van der Waals surface area contributed by atoms with Gasteiger partial charge in [0.25, 0.3) is 0 Å². The van der Waals surface area contributed by atoms with Gasteiger partial charge in [0.05, 0.1) is 19.3 Å². The molecule has 0 aromatic carbocycles. The fourth-order valence-corrected chi connectivity index (χ4v) is 1.40. The van der Waals surface area contributed by atoms with Crippen LogP contribution in [-0.4, -0.2) is 32.2 Å². The smallest absolute Gasteiger partial charge is 0.130 e. The fraction of sp³-hybridized carbons (Fsp3) is 0.875. The fourth-order valence-electron chi connectivity index (χ4n) is 1.40. The van der Waals surface area contributed by atoms with Gasteiger partial charge in [0.1, 0.15) is 5.78 Å². The van der Waals surface area contributed by atoms with Crippen LogP contribution in [0.1, 0.15) is 13.3 Å². The minimum absolute atomic E-state index is 0.124. The summed E-state index contributed by atoms with van der Waals surface area (Å²) in [4.78, 5) is 10.8. The molecule has 0 saturated carbocycles. The molecule has 1 aliphatic rings. The van der Waals surface area contributed by atoms with Crippen LogP contribution in [0.5, 0.6) is 0 Å². The molecule has 0 aliphatic carbocycles. The van der Waals surface area contributed by atoms with E-state index in [4.69, 9.17) is 9.47 Å². The number of ketones is 1. The van der Waals surface area contributed by atoms with Crippen LogP contribution in [-0.2, 0) is 14.3 Å². The predicted molar refractivity (Wildman–Crippen MR) is 40.4 cm³/mol. The monoisotopic (exact) mass is 158 g/mol. The van der Waals surface area contributed by atoms with E-state index in [0.717, 1.165) is 0 Å². The average molecular weight is 158 g/mol. The van der Waals surface area contributed by atoms with Crippen LogP contribution in [0.3, 0.4) is 0 Å². The number of methoxy groups -OCH3 is 1. The van der Waals surface area contributed by atoms with E-state index >= 15 is 0 Å². The third-order valence-corrected chi connectivity index (χ3v) is 1.99. The summed E-state index contributed by atoms with van der Waals surface area (Å²) in [6, 6.07) is 0. The van der Waals surface area contributed by atoms with Crippen LogP contribution in [0, 0.1) is 5.92 Å². The number of carbonyl (C=O) groups is 1. The zero-order valence-electron chi connectivity index (χ0n) is 7.00. The summed E-state index contributed by atoms with van der Waals surface area (Å²) in [6.45, 7) is 2.90. The van der Waals surface area contributed by atoms with E-state index in [1.807, 2.05) is 0 Å². The molecule has 1 saturated heterocycles. The Morgan fingerprint density at radius 3 is 2.91 bits per heavy atom. The Balaban J connectivity index is 2.37. The normalized spacial score (nSPS) is 30.7. The van der Waals surface area contributed by atoms with Crippen molar-refractivity contribution in [3.63, 3.8) is 0 Å². The lowest BCUT2D eigenvalue weighted by molar-refractivity contribution is -0.118. The van der Waals surface area contributed by atoms with Gasteiger partial charge >= 0.3 is 0 Å². The molecule has 64 valence electrons. The highest BCUT2D eigenvalue weighted by atomic mass is 16.5. The van der Waals surface area contributed by atoms with Gasteiger partial charge in [-0.15, -0.1) is 0 Å². The lowest BCUT2D eigenvalue weighted by Crippen LogP contribution is -2.22. The van der Waals surface area contributed by atoms with Crippen molar-refractivity contribution in [3.05, 3.63) is 0 Å². The third-order valence-electron chi connectivity index (χ3n) is 1.99. The quantitative estimate of drug-likeness (QED) is 0.604. The van der Waals surface area contributed by atoms with Crippen molar-refractivity contribution < 1.29 is 14.3 Å². The summed E-state index contributed by atoms with van der Waals surface area (Å²) in [5.41, 5.74) is 0. The molecule has 0 aromatic heterocycles. The van der Waals surface area contributed by atoms with Gasteiger partial charge in [0, 0.05) is 19.4 Å². The van der Waals surface area contributed by atoms with Crippen molar-refractivity contribution >= 4 is 5.78 Å². The largest absolute Gasteiger partial charge is 0.379 e. The van der Waals surface area contributed by atoms with Gasteiger partial charge in [-0.3, -0.25) is 0 Å². The Hall–Kier alpha value is -0.410. The number of Topliss-reactive ketones (excluding diaryl/α,β-unsaturated/α-hetero) is 1. The summed E-state index contributed by atoms with van der Waals surface area (Å²) >= 11 is 0. The Labute approximate surface area is 66.7 Å². The number of hydrogen-bond donors (Lipinski definition) is 0. The van der Waals surface area contributed by atoms with Gasteiger partial charge in [0.15, 0.2) is 0 Å². The molecule has 11 heavy (non-hydrogen) atoms. The van der Waals surface area contributed by atoms with Gasteiger partial charge in [-0.1, -0.05) is 0 Å². The molecule has 3 heteroatoms. The Bertz CT molecular complexity index is 144. The molecular formula is C8H14O3. The van der Waals surface area contributed by atoms with E-state index in [1.165, 1.54) is 0 Å². The minimum atomic E-state index is 0.124. The minimum Gasteiger partial charge on any atom is -0.379 e. The SMILES string of the molecule is CO[C@H]1COC[C@@H]1CC(C)=O. The maximum atomic E-state index is 10.8. The standard InChI is InChI=1S/C8H14O3/c1-6(9)3-7-4-11-5-8(7)10-2/h7-8H,3-5H2,1-2H3/t7-,8-/m0/s1. The first-order valence-corrected chi connectivity index (χ1v) is 3.84. The average Bonchev–Trinajstić information content (AvgIpc) is 2.34. The molecule has 0 N–H and O–H groups in total. The molecule has 0 spiro atoms. The molecule has 0 radical (unpaired) electrons. The lowest BCUT2D eigenvalue weighted by Gasteiger charge is -2.13. The summed E-state index contributed by atoms with van der Waals surface area (Å²) in [5.74, 6) is 0.486. The first-order valence-electron chi connectivity index (χ1n) is 3.84. The zero-order valence-corrected chi connectivity index (χ0v) is 7.00. The van der Waals surface area contributed by atoms with Crippen molar-refractivity contribution in [1.82, 2.24) is 0 Å². The van der Waals surface area contributed by atoms with Crippen molar-refractivity contribution in [1.29, 1.82) is 0 Å². The number of rotatable bonds is 3. The van der Waals surface area contributed by atoms with E-state index in [-0.39, 0.29) is 17.8 Å². The van der Waals surface area contributed by atoms with E-state index in [0.29, 0.717) is 19.6 Å². The second-order valence-electron chi connectivity index (χ2n) is 2.98. The first-order chi connectivity index (χ1) is 5.24. The highest BCUT2D eigenvalue weighted by molar-refractivity contribution is 5.75. The van der Waals surface area contributed by atoms with Gasteiger partial charge in [0.2, 0.25) is 0 Å². The van der Waals surface area contributed by atoms with Gasteiger partial charge in [-0.05, 0) is 6.92 Å². The molecule has 0 amide bonds. The topological polar surface area (TPSA) is 35.5 Å². The van der Waals surface area contributed by atoms with Gasteiger partial charge < -0.3 is 14.3 Å². The molecule has 0 aromatic rings. The second kappa shape index (κ2) is 3.83. The molecular weight excluding hydrogens is 144 g/mol. The molecule has 1 aliphatic heterocycles. The molecule has 0 unspecified atom stereocenters. The summed E-state index contributed by atoms with van der Waals surface area (Å²) < 4.78 is 10.3. The Morgan fingerprint density at radius 2 is 2.36 bits per heavy atom. The number of carbonyl (C=O) groups excluding carboxylic acids is 1. The number of ether oxygens (including phenoxy) is 2. The lowest BCUT2D eigenvalue weighted by atomic mass is 10.0. The molecule has 1 fully saturated rings. The maximum absolute atomic E-state index is 10.8. The van der Waals surface area contributed by atoms with Crippen LogP contribution < -0.4 is 0 Å². The van der Waals surface area contributed by atoms with Crippen LogP contribution in [0.15, 0.2) is 0 Å². The third kappa shape index (κ3) is 2.27. The van der Waals surface area contributed by atoms with Crippen molar-refractivity contribution in [3.8, 4) is 0 Å². The van der Waals surface area contributed by atoms with Crippen LogP contribution in [0.25, 0.3) is 0 Å². The van der Waals surface area contributed by atoms with Crippen molar-refractivity contribution in [2.45, 2.75) is 19.4 Å². The van der Waals surface area contributed by atoms with E-state index in [1.54, 1.807) is 14.0 Å². The molecule has 3 nitrogen and oxygen atoms in total. The second-order valence-corrected chi connectivity index (χ2v) is 2.98. The molecule has 1 rings (SSSR count). The number of hydrogen-bond acceptors (Lipinski definition) is 3. The Kier molecular flexibility index (Phi) is 3.02. The summed E-state index contributed by atoms with van der Waals surface area (Å²) in [6.07, 6.45) is 0.706.